The summed E-state index contributed by atoms with van der Waals surface area (Å²) in [5, 5.41) is 3.88. The Hall–Kier alpha value is -1.74. The molecule has 0 aliphatic carbocycles. The zero-order valence-electron chi connectivity index (χ0n) is 12.5. The van der Waals surface area contributed by atoms with Crippen LogP contribution in [-0.4, -0.2) is 11.5 Å². The molecule has 1 N–H and O–H groups in total. The highest BCUT2D eigenvalue weighted by molar-refractivity contribution is 6.31. The Bertz CT molecular complexity index is 587. The number of nitrogens with zero attached hydrogens (tertiary/aromatic N) is 1. The van der Waals surface area contributed by atoms with Crippen LogP contribution in [0, 0.1) is 0 Å². The maximum Gasteiger partial charge on any atom is 0.132 e. The minimum absolute atomic E-state index is 0.369. The van der Waals surface area contributed by atoms with E-state index in [9.17, 15) is 0 Å². The standard InChI is InChI=1S/C17H21ClN2O/c1-3-10-19-17-9-8-15(18)16(20-17)12-21-14-7-5-6-13(4-2)11-14/h5-9,11H,3-4,10,12H2,1-2H3,(H,19,20). The van der Waals surface area contributed by atoms with Gasteiger partial charge in [-0.05, 0) is 42.7 Å². The minimum atomic E-state index is 0.369. The van der Waals surface area contributed by atoms with Crippen LogP contribution in [0.4, 0.5) is 5.82 Å². The molecule has 2 rings (SSSR count). The second kappa shape index (κ2) is 7.89. The topological polar surface area (TPSA) is 34.1 Å². The number of anilines is 1. The van der Waals surface area contributed by atoms with Gasteiger partial charge in [0.15, 0.2) is 0 Å². The van der Waals surface area contributed by atoms with E-state index < -0.39 is 0 Å². The van der Waals surface area contributed by atoms with Crippen molar-refractivity contribution >= 4 is 17.4 Å². The minimum Gasteiger partial charge on any atom is -0.487 e. The molecular formula is C17H21ClN2O. The van der Waals surface area contributed by atoms with Crippen LogP contribution in [0.15, 0.2) is 36.4 Å². The number of nitrogens with one attached hydrogen (secondary N) is 1. The molecule has 1 heterocycles. The molecule has 0 saturated heterocycles. The van der Waals surface area contributed by atoms with Gasteiger partial charge < -0.3 is 10.1 Å². The number of halogens is 1. The van der Waals surface area contributed by atoms with Crippen LogP contribution < -0.4 is 10.1 Å². The fourth-order valence-electron chi connectivity index (χ4n) is 1.94. The van der Waals surface area contributed by atoms with Gasteiger partial charge in [-0.1, -0.05) is 37.6 Å². The van der Waals surface area contributed by atoms with Gasteiger partial charge in [-0.3, -0.25) is 0 Å². The average molecular weight is 305 g/mol. The normalized spacial score (nSPS) is 10.4. The Morgan fingerprint density at radius 3 is 2.81 bits per heavy atom. The Kier molecular flexibility index (Phi) is 5.88. The Morgan fingerprint density at radius 1 is 1.19 bits per heavy atom. The van der Waals surface area contributed by atoms with Crippen LogP contribution in [0.1, 0.15) is 31.5 Å². The second-order valence-corrected chi connectivity index (χ2v) is 5.25. The predicted molar refractivity (Wildman–Crippen MR) is 88.2 cm³/mol. The third-order valence-corrected chi connectivity index (χ3v) is 3.50. The molecule has 0 atom stereocenters. The molecular weight excluding hydrogens is 284 g/mol. The number of ether oxygens (including phenoxy) is 1. The first kappa shape index (κ1) is 15.6. The van der Waals surface area contributed by atoms with E-state index >= 15 is 0 Å². The number of hydrogen-bond donors (Lipinski definition) is 1. The van der Waals surface area contributed by atoms with Crippen molar-refractivity contribution in [3.8, 4) is 5.75 Å². The van der Waals surface area contributed by atoms with Gasteiger partial charge >= 0.3 is 0 Å². The fourth-order valence-corrected chi connectivity index (χ4v) is 2.10. The maximum atomic E-state index is 6.18. The van der Waals surface area contributed by atoms with Gasteiger partial charge in [0.05, 0.1) is 10.7 Å². The van der Waals surface area contributed by atoms with E-state index in [2.05, 4.69) is 30.2 Å². The maximum absolute atomic E-state index is 6.18. The third kappa shape index (κ3) is 4.64. The second-order valence-electron chi connectivity index (χ2n) is 4.84. The Morgan fingerprint density at radius 2 is 2.05 bits per heavy atom. The lowest BCUT2D eigenvalue weighted by Crippen LogP contribution is -2.05. The average Bonchev–Trinajstić information content (AvgIpc) is 2.53. The molecule has 3 nitrogen and oxygen atoms in total. The van der Waals surface area contributed by atoms with E-state index in [4.69, 9.17) is 16.3 Å². The summed E-state index contributed by atoms with van der Waals surface area (Å²) in [5.41, 5.74) is 2.00. The summed E-state index contributed by atoms with van der Waals surface area (Å²) in [5.74, 6) is 1.68. The van der Waals surface area contributed by atoms with Crippen molar-refractivity contribution in [1.29, 1.82) is 0 Å². The van der Waals surface area contributed by atoms with Crippen molar-refractivity contribution in [2.45, 2.75) is 33.3 Å². The molecule has 1 aromatic heterocycles. The lowest BCUT2D eigenvalue weighted by molar-refractivity contribution is 0.301. The molecule has 1 aromatic carbocycles. The van der Waals surface area contributed by atoms with Crippen molar-refractivity contribution in [2.24, 2.45) is 0 Å². The monoisotopic (exact) mass is 304 g/mol. The number of aromatic nitrogens is 1. The van der Waals surface area contributed by atoms with Gasteiger partial charge in [0.25, 0.3) is 0 Å². The lowest BCUT2D eigenvalue weighted by Gasteiger charge is -2.10. The van der Waals surface area contributed by atoms with E-state index in [0.717, 1.165) is 36.6 Å². The van der Waals surface area contributed by atoms with Gasteiger partial charge in [-0.25, -0.2) is 4.98 Å². The number of rotatable bonds is 7. The molecule has 4 heteroatoms. The number of benzene rings is 1. The Labute approximate surface area is 131 Å². The summed E-state index contributed by atoms with van der Waals surface area (Å²) >= 11 is 6.18. The van der Waals surface area contributed by atoms with Crippen LogP contribution >= 0.6 is 11.6 Å². The van der Waals surface area contributed by atoms with Gasteiger partial charge in [0.1, 0.15) is 18.2 Å². The van der Waals surface area contributed by atoms with Crippen molar-refractivity contribution in [3.05, 3.63) is 52.7 Å². The summed E-state index contributed by atoms with van der Waals surface area (Å²) in [4.78, 5) is 4.50. The molecule has 0 unspecified atom stereocenters. The smallest absolute Gasteiger partial charge is 0.132 e. The van der Waals surface area contributed by atoms with Crippen molar-refractivity contribution in [3.63, 3.8) is 0 Å². The van der Waals surface area contributed by atoms with E-state index in [0.29, 0.717) is 11.6 Å². The molecule has 112 valence electrons. The zero-order valence-corrected chi connectivity index (χ0v) is 13.3. The molecule has 0 amide bonds. The fraction of sp³-hybridized carbons (Fsp3) is 0.353. The predicted octanol–water partition coefficient (Wildman–Crippen LogP) is 4.70. The quantitative estimate of drug-likeness (QED) is 0.805. The van der Waals surface area contributed by atoms with Crippen LogP contribution in [-0.2, 0) is 13.0 Å². The molecule has 0 radical (unpaired) electrons. The van der Waals surface area contributed by atoms with Crippen LogP contribution in [0.2, 0.25) is 5.02 Å². The summed E-state index contributed by atoms with van der Waals surface area (Å²) in [6, 6.07) is 11.8. The van der Waals surface area contributed by atoms with E-state index in [1.54, 1.807) is 0 Å². The van der Waals surface area contributed by atoms with Gasteiger partial charge in [-0.2, -0.15) is 0 Å². The molecule has 0 saturated carbocycles. The highest BCUT2D eigenvalue weighted by atomic mass is 35.5. The van der Waals surface area contributed by atoms with Crippen LogP contribution in [0.3, 0.4) is 0 Å². The van der Waals surface area contributed by atoms with Crippen LogP contribution in [0.25, 0.3) is 0 Å². The summed E-state index contributed by atoms with van der Waals surface area (Å²) in [6.45, 7) is 5.51. The molecule has 21 heavy (non-hydrogen) atoms. The largest absolute Gasteiger partial charge is 0.487 e. The van der Waals surface area contributed by atoms with E-state index in [-0.39, 0.29) is 0 Å². The number of aryl methyl sites for hydroxylation is 1. The van der Waals surface area contributed by atoms with Gasteiger partial charge in [0.2, 0.25) is 0 Å². The zero-order chi connectivity index (χ0) is 15.1. The lowest BCUT2D eigenvalue weighted by atomic mass is 10.2. The Balaban J connectivity index is 2.04. The summed E-state index contributed by atoms with van der Waals surface area (Å²) in [6.07, 6.45) is 2.05. The molecule has 0 spiro atoms. The van der Waals surface area contributed by atoms with E-state index in [1.807, 2.05) is 30.3 Å². The van der Waals surface area contributed by atoms with Gasteiger partial charge in [0, 0.05) is 6.54 Å². The number of pyridine rings is 1. The molecule has 0 fully saturated rings. The highest BCUT2D eigenvalue weighted by Gasteiger charge is 2.05. The van der Waals surface area contributed by atoms with Gasteiger partial charge in [-0.15, -0.1) is 0 Å². The van der Waals surface area contributed by atoms with Crippen molar-refractivity contribution in [1.82, 2.24) is 4.98 Å². The highest BCUT2D eigenvalue weighted by Crippen LogP contribution is 2.20. The summed E-state index contributed by atoms with van der Waals surface area (Å²) in [7, 11) is 0. The molecule has 0 aliphatic rings. The van der Waals surface area contributed by atoms with Crippen molar-refractivity contribution < 1.29 is 4.74 Å². The first-order valence-corrected chi connectivity index (χ1v) is 7.71. The van der Waals surface area contributed by atoms with Crippen molar-refractivity contribution in [2.75, 3.05) is 11.9 Å². The number of hydrogen-bond acceptors (Lipinski definition) is 3. The molecule has 2 aromatic rings. The third-order valence-electron chi connectivity index (χ3n) is 3.16. The first-order valence-electron chi connectivity index (χ1n) is 7.34. The molecule has 0 bridgehead atoms. The van der Waals surface area contributed by atoms with E-state index in [1.165, 1.54) is 5.56 Å². The molecule has 0 aliphatic heterocycles. The first-order chi connectivity index (χ1) is 10.2. The van der Waals surface area contributed by atoms with Crippen LogP contribution in [0.5, 0.6) is 5.75 Å². The SMILES string of the molecule is CCCNc1ccc(Cl)c(COc2cccc(CC)c2)n1. The summed E-state index contributed by atoms with van der Waals surface area (Å²) < 4.78 is 5.80.